The van der Waals surface area contributed by atoms with E-state index in [1.54, 1.807) is 10.7 Å². The Balaban J connectivity index is 1.74. The molecule has 8 nitrogen and oxygen atoms in total. The van der Waals surface area contributed by atoms with Gasteiger partial charge in [-0.05, 0) is 35.7 Å². The molecule has 0 saturated carbocycles. The van der Waals surface area contributed by atoms with Gasteiger partial charge >= 0.3 is 0 Å². The number of aliphatic imine (C=N–C) groups is 1. The molecule has 0 bridgehead atoms. The smallest absolute Gasteiger partial charge is 0.230 e. The number of aromatic nitrogens is 3. The summed E-state index contributed by atoms with van der Waals surface area (Å²) in [6.07, 6.45) is 1.63. The minimum absolute atomic E-state index is 0.120. The highest BCUT2D eigenvalue weighted by molar-refractivity contribution is 6.34. The molecule has 9 heteroatoms. The molecule has 3 N–H and O–H groups in total. The minimum Gasteiger partial charge on any atom is -0.390 e. The summed E-state index contributed by atoms with van der Waals surface area (Å²) >= 11 is 6.41. The average molecular weight is 439 g/mol. The highest BCUT2D eigenvalue weighted by Gasteiger charge is 2.20. The molecule has 1 aliphatic heterocycles. The van der Waals surface area contributed by atoms with Crippen LogP contribution in [0.4, 0.5) is 17.1 Å². The molecule has 0 saturated heterocycles. The van der Waals surface area contributed by atoms with Gasteiger partial charge in [0.05, 0.1) is 58.4 Å². The van der Waals surface area contributed by atoms with Crippen molar-refractivity contribution < 1.29 is 9.90 Å². The molecule has 0 fully saturated rings. The third-order valence-electron chi connectivity index (χ3n) is 4.85. The molecule has 160 valence electrons. The van der Waals surface area contributed by atoms with Gasteiger partial charge in [0.2, 0.25) is 5.91 Å². The first-order valence-corrected chi connectivity index (χ1v) is 10.4. The SMILES string of the molecule is CC(C)CNc1cc2c(cc1Cl)NC(=O)CC(c1cccc(-n3nncc3CO)c1)=N2. The van der Waals surface area contributed by atoms with Crippen molar-refractivity contribution in [3.05, 3.63) is 58.9 Å². The molecule has 2 heterocycles. The van der Waals surface area contributed by atoms with Gasteiger partial charge in [0.15, 0.2) is 0 Å². The van der Waals surface area contributed by atoms with E-state index >= 15 is 0 Å². The first kappa shape index (κ1) is 21.0. The second-order valence-electron chi connectivity index (χ2n) is 7.75. The van der Waals surface area contributed by atoms with Crippen LogP contribution in [-0.2, 0) is 11.4 Å². The summed E-state index contributed by atoms with van der Waals surface area (Å²) in [5, 5.41) is 24.1. The highest BCUT2D eigenvalue weighted by atomic mass is 35.5. The van der Waals surface area contributed by atoms with E-state index in [4.69, 9.17) is 16.6 Å². The lowest BCUT2D eigenvalue weighted by atomic mass is 10.1. The van der Waals surface area contributed by atoms with Gasteiger partial charge in [-0.2, -0.15) is 0 Å². The lowest BCUT2D eigenvalue weighted by molar-refractivity contribution is -0.115. The van der Waals surface area contributed by atoms with Gasteiger partial charge in [-0.15, -0.1) is 5.10 Å². The number of hydrogen-bond acceptors (Lipinski definition) is 6. The summed E-state index contributed by atoms with van der Waals surface area (Å²) in [4.78, 5) is 17.3. The Bertz CT molecular complexity index is 1150. The fourth-order valence-electron chi connectivity index (χ4n) is 3.30. The number of carbonyl (C=O) groups excluding carboxylic acids is 1. The number of amides is 1. The Hall–Kier alpha value is -3.23. The van der Waals surface area contributed by atoms with Crippen LogP contribution in [0.1, 0.15) is 31.5 Å². The van der Waals surface area contributed by atoms with E-state index in [2.05, 4.69) is 34.8 Å². The van der Waals surface area contributed by atoms with Crippen molar-refractivity contribution in [2.24, 2.45) is 10.9 Å². The van der Waals surface area contributed by atoms with Crippen LogP contribution in [0, 0.1) is 5.92 Å². The third kappa shape index (κ3) is 4.60. The number of anilines is 2. The van der Waals surface area contributed by atoms with Crippen LogP contribution in [-0.4, -0.2) is 38.3 Å². The van der Waals surface area contributed by atoms with Gasteiger partial charge in [-0.3, -0.25) is 9.79 Å². The van der Waals surface area contributed by atoms with Crippen molar-refractivity contribution in [1.82, 2.24) is 15.0 Å². The highest BCUT2D eigenvalue weighted by Crippen LogP contribution is 2.37. The summed E-state index contributed by atoms with van der Waals surface area (Å²) in [5.41, 5.74) is 4.69. The summed E-state index contributed by atoms with van der Waals surface area (Å²) in [6.45, 7) is 4.83. The first-order chi connectivity index (χ1) is 14.9. The van der Waals surface area contributed by atoms with Crippen molar-refractivity contribution in [1.29, 1.82) is 0 Å². The summed E-state index contributed by atoms with van der Waals surface area (Å²) < 4.78 is 1.56. The molecular weight excluding hydrogens is 416 g/mol. The second kappa shape index (κ2) is 8.87. The molecule has 1 amide bonds. The topological polar surface area (TPSA) is 104 Å². The third-order valence-corrected chi connectivity index (χ3v) is 5.16. The zero-order chi connectivity index (χ0) is 22.0. The van der Waals surface area contributed by atoms with Crippen LogP contribution >= 0.6 is 11.6 Å². The van der Waals surface area contributed by atoms with Gasteiger partial charge in [0.25, 0.3) is 0 Å². The summed E-state index contributed by atoms with van der Waals surface area (Å²) in [5.74, 6) is 0.288. The van der Waals surface area contributed by atoms with Gasteiger partial charge < -0.3 is 15.7 Å². The summed E-state index contributed by atoms with van der Waals surface area (Å²) in [6, 6.07) is 11.1. The average Bonchev–Trinajstić information content (AvgIpc) is 3.16. The number of aliphatic hydroxyl groups is 1. The molecule has 0 unspecified atom stereocenters. The fourth-order valence-corrected chi connectivity index (χ4v) is 3.53. The normalized spacial score (nSPS) is 13.5. The number of halogens is 1. The number of rotatable bonds is 6. The predicted octanol–water partition coefficient (Wildman–Crippen LogP) is 3.94. The molecule has 1 aromatic heterocycles. The molecular formula is C22H23ClN6O2. The number of hydrogen-bond donors (Lipinski definition) is 3. The minimum atomic E-state index is -0.180. The van der Waals surface area contributed by atoms with Gasteiger partial charge in [-0.1, -0.05) is 42.8 Å². The Kier molecular flexibility index (Phi) is 6.01. The van der Waals surface area contributed by atoms with Crippen LogP contribution in [0.15, 0.2) is 47.6 Å². The second-order valence-corrected chi connectivity index (χ2v) is 8.16. The van der Waals surface area contributed by atoms with Crippen molar-refractivity contribution in [3.63, 3.8) is 0 Å². The van der Waals surface area contributed by atoms with E-state index < -0.39 is 0 Å². The fraction of sp³-hybridized carbons (Fsp3) is 0.273. The zero-order valence-corrected chi connectivity index (χ0v) is 18.0. The number of fused-ring (bicyclic) bond motifs is 1. The maximum absolute atomic E-state index is 12.5. The molecule has 4 rings (SSSR count). The quantitative estimate of drug-likeness (QED) is 0.540. The van der Waals surface area contributed by atoms with E-state index in [0.717, 1.165) is 23.5 Å². The first-order valence-electron chi connectivity index (χ1n) is 10.0. The molecule has 0 radical (unpaired) electrons. The van der Waals surface area contributed by atoms with Crippen LogP contribution in [0.2, 0.25) is 5.02 Å². The zero-order valence-electron chi connectivity index (χ0n) is 17.3. The van der Waals surface area contributed by atoms with E-state index in [1.165, 1.54) is 6.20 Å². The van der Waals surface area contributed by atoms with Crippen molar-refractivity contribution in [2.45, 2.75) is 26.9 Å². The van der Waals surface area contributed by atoms with Crippen molar-refractivity contribution in [3.8, 4) is 5.69 Å². The van der Waals surface area contributed by atoms with Crippen LogP contribution in [0.5, 0.6) is 0 Å². The standard InChI is InChI=1S/C22H23ClN6O2/c1-13(2)10-24-19-8-21-20(7-17(19)23)27-22(31)9-18(26-21)14-4-3-5-15(6-14)29-16(12-30)11-25-28-29/h3-8,11,13,24,30H,9-10,12H2,1-2H3,(H,27,31). The van der Waals surface area contributed by atoms with E-state index in [9.17, 15) is 9.90 Å². The van der Waals surface area contributed by atoms with E-state index in [-0.39, 0.29) is 18.9 Å². The van der Waals surface area contributed by atoms with Crippen LogP contribution in [0.3, 0.4) is 0 Å². The van der Waals surface area contributed by atoms with Gasteiger partial charge in [0, 0.05) is 6.54 Å². The van der Waals surface area contributed by atoms with E-state index in [1.807, 2.05) is 30.3 Å². The lowest BCUT2D eigenvalue weighted by Gasteiger charge is -2.13. The Morgan fingerprint density at radius 1 is 1.29 bits per heavy atom. The molecule has 31 heavy (non-hydrogen) atoms. The molecule has 0 atom stereocenters. The lowest BCUT2D eigenvalue weighted by Crippen LogP contribution is -2.15. The maximum Gasteiger partial charge on any atom is 0.230 e. The maximum atomic E-state index is 12.5. The van der Waals surface area contributed by atoms with Crippen molar-refractivity contribution >= 4 is 40.3 Å². The molecule has 1 aliphatic rings. The van der Waals surface area contributed by atoms with Gasteiger partial charge in [0.1, 0.15) is 0 Å². The summed E-state index contributed by atoms with van der Waals surface area (Å²) in [7, 11) is 0. The monoisotopic (exact) mass is 438 g/mol. The Morgan fingerprint density at radius 3 is 2.90 bits per heavy atom. The van der Waals surface area contributed by atoms with Crippen LogP contribution in [0.25, 0.3) is 5.69 Å². The number of aliphatic hydroxyl groups excluding tert-OH is 1. The van der Waals surface area contributed by atoms with Gasteiger partial charge in [-0.25, -0.2) is 4.68 Å². The van der Waals surface area contributed by atoms with Crippen LogP contribution < -0.4 is 10.6 Å². The number of nitrogens with zero attached hydrogens (tertiary/aromatic N) is 4. The largest absolute Gasteiger partial charge is 0.390 e. The Labute approximate surface area is 185 Å². The molecule has 0 spiro atoms. The van der Waals surface area contributed by atoms with Crippen molar-refractivity contribution in [2.75, 3.05) is 17.2 Å². The Morgan fingerprint density at radius 2 is 2.13 bits per heavy atom. The van der Waals surface area contributed by atoms with E-state index in [0.29, 0.717) is 33.7 Å². The molecule has 0 aliphatic carbocycles. The molecule has 2 aromatic carbocycles. The number of nitrogens with one attached hydrogen (secondary N) is 2. The molecule has 3 aromatic rings. The number of benzene rings is 2. The number of carbonyl (C=O) groups is 1. The predicted molar refractivity (Wildman–Crippen MR) is 122 cm³/mol.